The normalized spacial score (nSPS) is 27.1. The molecule has 0 saturated heterocycles. The minimum absolute atomic E-state index is 0.770. The van der Waals surface area contributed by atoms with E-state index in [1.54, 1.807) is 7.11 Å². The molecular formula is C11H14O. The molecule has 12 heavy (non-hydrogen) atoms. The molecule has 1 saturated carbocycles. The molecule has 1 aliphatic carbocycles. The summed E-state index contributed by atoms with van der Waals surface area (Å²) in [6, 6.07) is 10.7. The van der Waals surface area contributed by atoms with Crippen LogP contribution in [-0.2, 0) is 4.74 Å². The van der Waals surface area contributed by atoms with Crippen molar-refractivity contribution in [2.75, 3.05) is 13.7 Å². The Morgan fingerprint density at radius 2 is 2.08 bits per heavy atom. The van der Waals surface area contributed by atoms with Gasteiger partial charge in [0, 0.05) is 13.7 Å². The Bertz CT molecular complexity index is 242. The van der Waals surface area contributed by atoms with Crippen LogP contribution in [0.2, 0.25) is 0 Å². The van der Waals surface area contributed by atoms with Crippen LogP contribution in [0.4, 0.5) is 0 Å². The first-order valence-corrected chi connectivity index (χ1v) is 4.45. The van der Waals surface area contributed by atoms with Gasteiger partial charge in [-0.2, -0.15) is 0 Å². The Labute approximate surface area is 73.4 Å². The summed E-state index contributed by atoms with van der Waals surface area (Å²) in [6.07, 6.45) is 1.30. The van der Waals surface area contributed by atoms with Gasteiger partial charge in [0.2, 0.25) is 0 Å². The van der Waals surface area contributed by atoms with Crippen LogP contribution in [-0.4, -0.2) is 13.7 Å². The molecule has 0 amide bonds. The molecule has 1 heteroatoms. The fraction of sp³-hybridized carbons (Fsp3) is 0.455. The second kappa shape index (κ2) is 3.28. The van der Waals surface area contributed by atoms with Crippen molar-refractivity contribution in [3.8, 4) is 0 Å². The third-order valence-corrected chi connectivity index (χ3v) is 2.53. The zero-order valence-electron chi connectivity index (χ0n) is 7.36. The van der Waals surface area contributed by atoms with Crippen molar-refractivity contribution in [2.45, 2.75) is 12.3 Å². The van der Waals surface area contributed by atoms with E-state index in [2.05, 4.69) is 30.3 Å². The van der Waals surface area contributed by atoms with E-state index in [0.29, 0.717) is 0 Å². The standard InChI is InChI=1S/C11H14O/c1-12-8-10-7-11(10)9-5-3-2-4-6-9/h2-6,10-11H,7-8H2,1H3/t10-,11+/m1/s1. The Balaban J connectivity index is 1.97. The maximum Gasteiger partial charge on any atom is 0.0496 e. The van der Waals surface area contributed by atoms with Gasteiger partial charge in [0.25, 0.3) is 0 Å². The van der Waals surface area contributed by atoms with Gasteiger partial charge in [-0.25, -0.2) is 0 Å². The summed E-state index contributed by atoms with van der Waals surface area (Å²) < 4.78 is 5.12. The van der Waals surface area contributed by atoms with Gasteiger partial charge in [-0.3, -0.25) is 0 Å². The van der Waals surface area contributed by atoms with Crippen LogP contribution in [0.15, 0.2) is 30.3 Å². The number of rotatable bonds is 3. The van der Waals surface area contributed by atoms with Crippen molar-refractivity contribution < 1.29 is 4.74 Å². The second-order valence-electron chi connectivity index (χ2n) is 3.47. The molecule has 0 aromatic heterocycles. The summed E-state index contributed by atoms with van der Waals surface area (Å²) >= 11 is 0. The number of ether oxygens (including phenoxy) is 1. The summed E-state index contributed by atoms with van der Waals surface area (Å²) in [4.78, 5) is 0. The van der Waals surface area contributed by atoms with Gasteiger partial charge >= 0.3 is 0 Å². The molecule has 1 aromatic carbocycles. The SMILES string of the molecule is COC[C@H]1C[C@H]1c1ccccc1. The van der Waals surface area contributed by atoms with Gasteiger partial charge < -0.3 is 4.74 Å². The Kier molecular flexibility index (Phi) is 2.13. The minimum atomic E-state index is 0.770. The predicted molar refractivity (Wildman–Crippen MR) is 49.2 cm³/mol. The van der Waals surface area contributed by atoms with Gasteiger partial charge in [-0.1, -0.05) is 30.3 Å². The molecular weight excluding hydrogens is 148 g/mol. The average molecular weight is 162 g/mol. The lowest BCUT2D eigenvalue weighted by Crippen LogP contribution is -1.92. The lowest BCUT2D eigenvalue weighted by Gasteiger charge is -1.98. The van der Waals surface area contributed by atoms with E-state index in [1.165, 1.54) is 12.0 Å². The summed E-state index contributed by atoms with van der Waals surface area (Å²) in [5, 5.41) is 0. The molecule has 0 radical (unpaired) electrons. The topological polar surface area (TPSA) is 9.23 Å². The molecule has 0 heterocycles. The Morgan fingerprint density at radius 1 is 1.33 bits per heavy atom. The highest BCUT2D eigenvalue weighted by atomic mass is 16.5. The van der Waals surface area contributed by atoms with Crippen LogP contribution in [0, 0.1) is 5.92 Å². The maximum atomic E-state index is 5.12. The van der Waals surface area contributed by atoms with E-state index in [0.717, 1.165) is 18.4 Å². The van der Waals surface area contributed by atoms with Crippen LogP contribution in [0.3, 0.4) is 0 Å². The number of benzene rings is 1. The molecule has 1 nitrogen and oxygen atoms in total. The highest BCUT2D eigenvalue weighted by Gasteiger charge is 2.37. The van der Waals surface area contributed by atoms with Crippen molar-refractivity contribution in [3.63, 3.8) is 0 Å². The van der Waals surface area contributed by atoms with Crippen molar-refractivity contribution in [1.82, 2.24) is 0 Å². The second-order valence-corrected chi connectivity index (χ2v) is 3.47. The average Bonchev–Trinajstić information content (AvgIpc) is 2.87. The third kappa shape index (κ3) is 1.51. The fourth-order valence-corrected chi connectivity index (χ4v) is 1.75. The van der Waals surface area contributed by atoms with Crippen LogP contribution in [0.1, 0.15) is 17.9 Å². The zero-order valence-corrected chi connectivity index (χ0v) is 7.36. The van der Waals surface area contributed by atoms with Crippen LogP contribution in [0.5, 0.6) is 0 Å². The first-order valence-electron chi connectivity index (χ1n) is 4.45. The first-order chi connectivity index (χ1) is 5.92. The van der Waals surface area contributed by atoms with Crippen LogP contribution < -0.4 is 0 Å². The smallest absolute Gasteiger partial charge is 0.0496 e. The quantitative estimate of drug-likeness (QED) is 0.663. The van der Waals surface area contributed by atoms with Crippen LogP contribution in [0.25, 0.3) is 0 Å². The van der Waals surface area contributed by atoms with Gasteiger partial charge in [-0.05, 0) is 23.8 Å². The van der Waals surface area contributed by atoms with E-state index < -0.39 is 0 Å². The summed E-state index contributed by atoms with van der Waals surface area (Å²) in [6.45, 7) is 0.916. The fourth-order valence-electron chi connectivity index (χ4n) is 1.75. The molecule has 0 aliphatic heterocycles. The van der Waals surface area contributed by atoms with Crippen molar-refractivity contribution in [3.05, 3.63) is 35.9 Å². The van der Waals surface area contributed by atoms with E-state index in [-0.39, 0.29) is 0 Å². The van der Waals surface area contributed by atoms with E-state index in [9.17, 15) is 0 Å². The molecule has 0 spiro atoms. The van der Waals surface area contributed by atoms with Crippen molar-refractivity contribution >= 4 is 0 Å². The Hall–Kier alpha value is -0.820. The molecule has 1 aromatic rings. The third-order valence-electron chi connectivity index (χ3n) is 2.53. The number of hydrogen-bond donors (Lipinski definition) is 0. The van der Waals surface area contributed by atoms with Gasteiger partial charge in [0.1, 0.15) is 0 Å². The maximum absolute atomic E-state index is 5.12. The first kappa shape index (κ1) is 7.81. The monoisotopic (exact) mass is 162 g/mol. The molecule has 0 bridgehead atoms. The number of hydrogen-bond acceptors (Lipinski definition) is 1. The molecule has 2 atom stereocenters. The molecule has 0 unspecified atom stereocenters. The van der Waals surface area contributed by atoms with Gasteiger partial charge in [0.05, 0.1) is 0 Å². The molecule has 2 rings (SSSR count). The predicted octanol–water partition coefficient (Wildman–Crippen LogP) is 2.44. The van der Waals surface area contributed by atoms with Gasteiger partial charge in [0.15, 0.2) is 0 Å². The lowest BCUT2D eigenvalue weighted by molar-refractivity contribution is 0.184. The summed E-state index contributed by atoms with van der Waals surface area (Å²) in [5.41, 5.74) is 1.47. The minimum Gasteiger partial charge on any atom is -0.384 e. The summed E-state index contributed by atoms with van der Waals surface area (Å²) in [5.74, 6) is 1.54. The summed E-state index contributed by atoms with van der Waals surface area (Å²) in [7, 11) is 1.78. The van der Waals surface area contributed by atoms with E-state index >= 15 is 0 Å². The van der Waals surface area contributed by atoms with Crippen molar-refractivity contribution in [2.24, 2.45) is 5.92 Å². The number of methoxy groups -OCH3 is 1. The largest absolute Gasteiger partial charge is 0.384 e. The molecule has 1 fully saturated rings. The van der Waals surface area contributed by atoms with Crippen molar-refractivity contribution in [1.29, 1.82) is 0 Å². The molecule has 0 N–H and O–H groups in total. The Morgan fingerprint density at radius 3 is 2.75 bits per heavy atom. The van der Waals surface area contributed by atoms with Crippen LogP contribution >= 0.6 is 0 Å². The highest BCUT2D eigenvalue weighted by Crippen LogP contribution is 2.47. The van der Waals surface area contributed by atoms with Gasteiger partial charge in [-0.15, -0.1) is 0 Å². The zero-order chi connectivity index (χ0) is 8.39. The van der Waals surface area contributed by atoms with E-state index in [4.69, 9.17) is 4.74 Å². The van der Waals surface area contributed by atoms with E-state index in [1.807, 2.05) is 0 Å². The molecule has 64 valence electrons. The molecule has 1 aliphatic rings. The lowest BCUT2D eigenvalue weighted by atomic mass is 10.1. The highest BCUT2D eigenvalue weighted by molar-refractivity contribution is 5.25.